The fourth-order valence-corrected chi connectivity index (χ4v) is 3.07. The Bertz CT molecular complexity index is 973. The second kappa shape index (κ2) is 9.99. The van der Waals surface area contributed by atoms with Gasteiger partial charge in [-0.05, 0) is 61.0 Å². The molecule has 0 bridgehead atoms. The number of aromatic nitrogens is 3. The topological polar surface area (TPSA) is 55.2 Å². The summed E-state index contributed by atoms with van der Waals surface area (Å²) in [4.78, 5) is 0. The SMILES string of the molecule is CCCCCCOc1ccc(/C=N\n2c(-c3ccccc3C)n[nH]c2=S)cc1. The number of rotatable bonds is 9. The lowest BCUT2D eigenvalue weighted by Gasteiger charge is -2.06. The van der Waals surface area contributed by atoms with Crippen molar-refractivity contribution in [2.24, 2.45) is 5.10 Å². The smallest absolute Gasteiger partial charge is 0.216 e. The van der Waals surface area contributed by atoms with E-state index in [2.05, 4.69) is 22.2 Å². The zero-order valence-electron chi connectivity index (χ0n) is 16.4. The molecule has 0 saturated carbocycles. The summed E-state index contributed by atoms with van der Waals surface area (Å²) < 4.78 is 7.89. The number of unbranched alkanes of at least 4 members (excludes halogenated alkanes) is 3. The van der Waals surface area contributed by atoms with Crippen molar-refractivity contribution in [3.05, 3.63) is 64.4 Å². The number of benzene rings is 2. The quantitative estimate of drug-likeness (QED) is 0.285. The molecule has 6 heteroatoms. The number of nitrogens with one attached hydrogen (secondary N) is 1. The van der Waals surface area contributed by atoms with E-state index in [0.717, 1.165) is 35.5 Å². The van der Waals surface area contributed by atoms with Gasteiger partial charge < -0.3 is 4.74 Å². The minimum atomic E-state index is 0.460. The van der Waals surface area contributed by atoms with E-state index in [4.69, 9.17) is 17.0 Å². The maximum Gasteiger partial charge on any atom is 0.216 e. The monoisotopic (exact) mass is 394 g/mol. The Labute approximate surface area is 171 Å². The first-order chi connectivity index (χ1) is 13.7. The van der Waals surface area contributed by atoms with Gasteiger partial charge in [-0.25, -0.2) is 5.10 Å². The molecule has 0 aliphatic carbocycles. The molecule has 0 aliphatic heterocycles. The largest absolute Gasteiger partial charge is 0.494 e. The van der Waals surface area contributed by atoms with E-state index in [1.807, 2.05) is 55.5 Å². The molecule has 28 heavy (non-hydrogen) atoms. The van der Waals surface area contributed by atoms with Crippen LogP contribution in [-0.4, -0.2) is 27.7 Å². The molecule has 146 valence electrons. The maximum absolute atomic E-state index is 5.79. The first-order valence-electron chi connectivity index (χ1n) is 9.69. The van der Waals surface area contributed by atoms with E-state index in [1.54, 1.807) is 10.9 Å². The van der Waals surface area contributed by atoms with Crippen molar-refractivity contribution in [1.29, 1.82) is 0 Å². The second-order valence-electron chi connectivity index (χ2n) is 6.70. The third kappa shape index (κ3) is 5.16. The zero-order valence-corrected chi connectivity index (χ0v) is 17.2. The second-order valence-corrected chi connectivity index (χ2v) is 7.09. The summed E-state index contributed by atoms with van der Waals surface area (Å²) >= 11 is 5.34. The predicted molar refractivity (Wildman–Crippen MR) is 117 cm³/mol. The van der Waals surface area contributed by atoms with Gasteiger partial charge in [0, 0.05) is 5.56 Å². The van der Waals surface area contributed by atoms with Gasteiger partial charge in [0.25, 0.3) is 0 Å². The standard InChI is InChI=1S/C22H26N4OS/c1-3-4-5-8-15-27-19-13-11-18(12-14-19)16-23-26-21(24-25-22(26)28)20-10-7-6-9-17(20)2/h6-7,9-14,16H,3-5,8,15H2,1-2H3,(H,25,28)/b23-16-. The fraction of sp³-hybridized carbons (Fsp3) is 0.318. The minimum Gasteiger partial charge on any atom is -0.494 e. The Morgan fingerprint density at radius 2 is 1.89 bits per heavy atom. The van der Waals surface area contributed by atoms with Crippen molar-refractivity contribution in [2.75, 3.05) is 6.61 Å². The van der Waals surface area contributed by atoms with Crippen molar-refractivity contribution in [3.8, 4) is 17.1 Å². The van der Waals surface area contributed by atoms with Gasteiger partial charge in [-0.1, -0.05) is 50.5 Å². The highest BCUT2D eigenvalue weighted by molar-refractivity contribution is 7.71. The Morgan fingerprint density at radius 1 is 1.11 bits per heavy atom. The molecule has 0 radical (unpaired) electrons. The molecule has 0 spiro atoms. The molecule has 2 aromatic carbocycles. The summed E-state index contributed by atoms with van der Waals surface area (Å²) in [6.45, 7) is 5.02. The summed E-state index contributed by atoms with van der Waals surface area (Å²) in [5, 5.41) is 11.7. The third-order valence-electron chi connectivity index (χ3n) is 4.51. The van der Waals surface area contributed by atoms with Crippen LogP contribution in [0, 0.1) is 11.7 Å². The van der Waals surface area contributed by atoms with Crippen LogP contribution >= 0.6 is 12.2 Å². The van der Waals surface area contributed by atoms with Crippen LogP contribution in [0.1, 0.15) is 43.7 Å². The molecule has 1 N–H and O–H groups in total. The number of aryl methyl sites for hydroxylation is 1. The van der Waals surface area contributed by atoms with Crippen molar-refractivity contribution < 1.29 is 4.74 Å². The molecule has 5 nitrogen and oxygen atoms in total. The van der Waals surface area contributed by atoms with E-state index in [9.17, 15) is 0 Å². The van der Waals surface area contributed by atoms with Gasteiger partial charge >= 0.3 is 0 Å². The molecule has 0 amide bonds. The van der Waals surface area contributed by atoms with E-state index >= 15 is 0 Å². The molecular weight excluding hydrogens is 368 g/mol. The van der Waals surface area contributed by atoms with Crippen LogP contribution in [0.25, 0.3) is 11.4 Å². The molecule has 3 aromatic rings. The minimum absolute atomic E-state index is 0.460. The summed E-state index contributed by atoms with van der Waals surface area (Å²) in [6.07, 6.45) is 6.59. The average molecular weight is 395 g/mol. The van der Waals surface area contributed by atoms with Gasteiger partial charge in [-0.15, -0.1) is 0 Å². The number of H-pyrrole nitrogens is 1. The summed E-state index contributed by atoms with van der Waals surface area (Å²) in [6, 6.07) is 16.0. The van der Waals surface area contributed by atoms with Crippen LogP contribution in [0.4, 0.5) is 0 Å². The molecule has 3 rings (SSSR count). The van der Waals surface area contributed by atoms with Crippen LogP contribution in [0.2, 0.25) is 0 Å². The molecule has 0 atom stereocenters. The van der Waals surface area contributed by atoms with Crippen molar-refractivity contribution in [3.63, 3.8) is 0 Å². The lowest BCUT2D eigenvalue weighted by atomic mass is 10.1. The predicted octanol–water partition coefficient (Wildman–Crippen LogP) is 5.76. The summed E-state index contributed by atoms with van der Waals surface area (Å²) in [5.41, 5.74) is 3.09. The molecule has 0 aliphatic rings. The number of ether oxygens (including phenoxy) is 1. The Morgan fingerprint density at radius 3 is 2.64 bits per heavy atom. The van der Waals surface area contributed by atoms with E-state index in [-0.39, 0.29) is 0 Å². The van der Waals surface area contributed by atoms with Gasteiger partial charge in [0.05, 0.1) is 12.8 Å². The lowest BCUT2D eigenvalue weighted by molar-refractivity contribution is 0.305. The van der Waals surface area contributed by atoms with Crippen molar-refractivity contribution in [2.45, 2.75) is 39.5 Å². The van der Waals surface area contributed by atoms with E-state index in [1.165, 1.54) is 19.3 Å². The first-order valence-corrected chi connectivity index (χ1v) is 10.1. The normalized spacial score (nSPS) is 11.2. The molecule has 1 heterocycles. The highest BCUT2D eigenvalue weighted by Crippen LogP contribution is 2.21. The van der Waals surface area contributed by atoms with Gasteiger partial charge in [-0.3, -0.25) is 0 Å². The molecular formula is C22H26N4OS. The molecule has 1 aromatic heterocycles. The van der Waals surface area contributed by atoms with Crippen LogP contribution in [0.3, 0.4) is 0 Å². The van der Waals surface area contributed by atoms with Gasteiger partial charge in [0.2, 0.25) is 4.77 Å². The molecule has 0 saturated heterocycles. The first kappa shape index (κ1) is 20.0. The van der Waals surface area contributed by atoms with Crippen molar-refractivity contribution >= 4 is 18.4 Å². The Kier molecular flexibility index (Phi) is 7.14. The number of hydrogen-bond acceptors (Lipinski definition) is 4. The van der Waals surface area contributed by atoms with Crippen LogP contribution in [0.5, 0.6) is 5.75 Å². The van der Waals surface area contributed by atoms with Gasteiger partial charge in [0.15, 0.2) is 5.82 Å². The third-order valence-corrected chi connectivity index (χ3v) is 4.77. The maximum atomic E-state index is 5.79. The Balaban J connectivity index is 1.69. The molecule has 0 unspecified atom stereocenters. The van der Waals surface area contributed by atoms with E-state index in [0.29, 0.717) is 10.6 Å². The number of hydrogen-bond donors (Lipinski definition) is 1. The summed E-state index contributed by atoms with van der Waals surface area (Å²) in [7, 11) is 0. The highest BCUT2D eigenvalue weighted by Gasteiger charge is 2.10. The highest BCUT2D eigenvalue weighted by atomic mass is 32.1. The van der Waals surface area contributed by atoms with Gasteiger partial charge in [-0.2, -0.15) is 14.9 Å². The summed E-state index contributed by atoms with van der Waals surface area (Å²) in [5.74, 6) is 1.58. The average Bonchev–Trinajstić information content (AvgIpc) is 3.08. The van der Waals surface area contributed by atoms with Gasteiger partial charge in [0.1, 0.15) is 5.75 Å². The fourth-order valence-electron chi connectivity index (χ4n) is 2.89. The number of nitrogens with zero attached hydrogens (tertiary/aromatic N) is 3. The zero-order chi connectivity index (χ0) is 19.8. The van der Waals surface area contributed by atoms with E-state index < -0.39 is 0 Å². The van der Waals surface area contributed by atoms with Crippen LogP contribution in [0.15, 0.2) is 53.6 Å². The van der Waals surface area contributed by atoms with Crippen molar-refractivity contribution in [1.82, 2.24) is 14.9 Å². The number of aromatic amines is 1. The molecule has 0 fully saturated rings. The van der Waals surface area contributed by atoms with Crippen LogP contribution in [-0.2, 0) is 0 Å². The Hall–Kier alpha value is -2.73. The van der Waals surface area contributed by atoms with Crippen LogP contribution < -0.4 is 4.74 Å². The lowest BCUT2D eigenvalue weighted by Crippen LogP contribution is -1.98.